The van der Waals surface area contributed by atoms with E-state index < -0.39 is 0 Å². The first kappa shape index (κ1) is 12.8. The van der Waals surface area contributed by atoms with E-state index in [1.165, 1.54) is 30.5 Å². The van der Waals surface area contributed by atoms with Gasteiger partial charge in [-0.25, -0.2) is 9.97 Å². The molecule has 1 aromatic rings. The van der Waals surface area contributed by atoms with Crippen molar-refractivity contribution in [1.29, 1.82) is 0 Å². The summed E-state index contributed by atoms with van der Waals surface area (Å²) < 4.78 is 5.39. The Kier molecular flexibility index (Phi) is 4.25. The van der Waals surface area contributed by atoms with Gasteiger partial charge in [-0.15, -0.1) is 0 Å². The van der Waals surface area contributed by atoms with Gasteiger partial charge in [0.05, 0.1) is 5.69 Å². The van der Waals surface area contributed by atoms with Gasteiger partial charge in [0.2, 0.25) is 0 Å². The van der Waals surface area contributed by atoms with Crippen LogP contribution in [0.3, 0.4) is 0 Å². The van der Waals surface area contributed by atoms with E-state index in [4.69, 9.17) is 4.74 Å². The molecule has 1 fully saturated rings. The van der Waals surface area contributed by atoms with Gasteiger partial charge in [0.15, 0.2) is 0 Å². The molecule has 5 heteroatoms. The van der Waals surface area contributed by atoms with Gasteiger partial charge in [0, 0.05) is 44.8 Å². The predicted molar refractivity (Wildman–Crippen MR) is 74.1 cm³/mol. The number of ether oxygens (including phenoxy) is 1. The lowest BCUT2D eigenvalue weighted by Gasteiger charge is -2.23. The fraction of sp³-hybridized carbons (Fsp3) is 0.714. The third kappa shape index (κ3) is 3.22. The van der Waals surface area contributed by atoms with Crippen molar-refractivity contribution in [3.8, 4) is 0 Å². The molecule has 2 aliphatic heterocycles. The van der Waals surface area contributed by atoms with Crippen LogP contribution in [-0.2, 0) is 17.7 Å². The van der Waals surface area contributed by atoms with Crippen molar-refractivity contribution < 1.29 is 4.74 Å². The summed E-state index contributed by atoms with van der Waals surface area (Å²) in [5, 5.41) is 6.87. The van der Waals surface area contributed by atoms with Crippen LogP contribution < -0.4 is 10.6 Å². The monoisotopic (exact) mass is 262 g/mol. The summed E-state index contributed by atoms with van der Waals surface area (Å²) in [6.45, 7) is 4.75. The Labute approximate surface area is 114 Å². The molecule has 0 aliphatic carbocycles. The summed E-state index contributed by atoms with van der Waals surface area (Å²) in [6.07, 6.45) is 6.29. The number of aromatic nitrogens is 2. The molecule has 2 N–H and O–H groups in total. The van der Waals surface area contributed by atoms with Gasteiger partial charge in [-0.1, -0.05) is 0 Å². The highest BCUT2D eigenvalue weighted by Gasteiger charge is 2.16. The van der Waals surface area contributed by atoms with Crippen LogP contribution in [0.5, 0.6) is 0 Å². The first-order valence-corrected chi connectivity index (χ1v) is 7.28. The Morgan fingerprint density at radius 2 is 2.21 bits per heavy atom. The van der Waals surface area contributed by atoms with E-state index in [0.717, 1.165) is 51.0 Å². The van der Waals surface area contributed by atoms with Crippen molar-refractivity contribution in [2.24, 2.45) is 5.92 Å². The fourth-order valence-electron chi connectivity index (χ4n) is 2.85. The molecule has 19 heavy (non-hydrogen) atoms. The van der Waals surface area contributed by atoms with Crippen molar-refractivity contribution in [1.82, 2.24) is 15.3 Å². The van der Waals surface area contributed by atoms with Crippen molar-refractivity contribution in [2.75, 3.05) is 31.6 Å². The second kappa shape index (κ2) is 6.30. The average molecular weight is 262 g/mol. The average Bonchev–Trinajstić information content (AvgIpc) is 2.49. The molecule has 0 amide bonds. The molecular weight excluding hydrogens is 240 g/mol. The lowest BCUT2D eigenvalue weighted by molar-refractivity contribution is 0.0649. The van der Waals surface area contributed by atoms with E-state index in [1.54, 1.807) is 6.33 Å². The predicted octanol–water partition coefficient (Wildman–Crippen LogP) is 1.35. The number of rotatable bonds is 4. The molecule has 2 aliphatic rings. The van der Waals surface area contributed by atoms with Gasteiger partial charge in [0.1, 0.15) is 12.1 Å². The van der Waals surface area contributed by atoms with Crippen LogP contribution in [0.15, 0.2) is 6.33 Å². The van der Waals surface area contributed by atoms with Crippen molar-refractivity contribution >= 4 is 5.82 Å². The molecule has 0 unspecified atom stereocenters. The van der Waals surface area contributed by atoms with Crippen LogP contribution in [0.4, 0.5) is 5.82 Å². The number of hydrogen-bond acceptors (Lipinski definition) is 5. The van der Waals surface area contributed by atoms with Crippen LogP contribution in [-0.4, -0.2) is 36.3 Å². The molecule has 104 valence electrons. The minimum Gasteiger partial charge on any atom is -0.381 e. The standard InChI is InChI=1S/C14H22N4O/c1(11-3-7-19-8-4-11)6-16-14-12-9-15-5-2-13(12)17-10-18-14/h10-11,15H,1-9H2,(H,16,17,18). The van der Waals surface area contributed by atoms with Gasteiger partial charge in [-0.2, -0.15) is 0 Å². The van der Waals surface area contributed by atoms with E-state index in [0.29, 0.717) is 0 Å². The highest BCUT2D eigenvalue weighted by Crippen LogP contribution is 2.21. The number of anilines is 1. The van der Waals surface area contributed by atoms with Crippen LogP contribution in [0.1, 0.15) is 30.5 Å². The zero-order chi connectivity index (χ0) is 12.9. The van der Waals surface area contributed by atoms with E-state index >= 15 is 0 Å². The summed E-state index contributed by atoms with van der Waals surface area (Å²) in [7, 11) is 0. The maximum Gasteiger partial charge on any atom is 0.134 e. The smallest absolute Gasteiger partial charge is 0.134 e. The minimum atomic E-state index is 0.803. The summed E-state index contributed by atoms with van der Waals surface area (Å²) >= 11 is 0. The minimum absolute atomic E-state index is 0.803. The Morgan fingerprint density at radius 1 is 1.32 bits per heavy atom. The van der Waals surface area contributed by atoms with Crippen LogP contribution in [0.25, 0.3) is 0 Å². The highest BCUT2D eigenvalue weighted by molar-refractivity contribution is 5.46. The van der Waals surface area contributed by atoms with E-state index in [1.807, 2.05) is 0 Å². The van der Waals surface area contributed by atoms with Crippen LogP contribution in [0, 0.1) is 5.92 Å². The fourth-order valence-corrected chi connectivity index (χ4v) is 2.85. The van der Waals surface area contributed by atoms with Crippen molar-refractivity contribution in [2.45, 2.75) is 32.2 Å². The zero-order valence-corrected chi connectivity index (χ0v) is 11.3. The Balaban J connectivity index is 1.54. The molecule has 1 aromatic heterocycles. The molecule has 1 saturated heterocycles. The molecule has 3 rings (SSSR count). The van der Waals surface area contributed by atoms with Gasteiger partial charge in [-0.05, 0) is 25.2 Å². The quantitative estimate of drug-likeness (QED) is 0.858. The van der Waals surface area contributed by atoms with E-state index in [9.17, 15) is 0 Å². The van der Waals surface area contributed by atoms with E-state index in [2.05, 4.69) is 20.6 Å². The summed E-state index contributed by atoms with van der Waals surface area (Å²) in [6, 6.07) is 0. The Hall–Kier alpha value is -1.20. The SMILES string of the molecule is c1nc2c(c(NCCC3CCOCC3)n1)CNCC2. The van der Waals surface area contributed by atoms with Crippen molar-refractivity contribution in [3.63, 3.8) is 0 Å². The van der Waals surface area contributed by atoms with Gasteiger partial charge in [-0.3, -0.25) is 0 Å². The second-order valence-electron chi connectivity index (χ2n) is 5.35. The molecule has 0 saturated carbocycles. The molecule has 3 heterocycles. The number of nitrogens with one attached hydrogen (secondary N) is 2. The molecule has 0 bridgehead atoms. The van der Waals surface area contributed by atoms with Gasteiger partial charge >= 0.3 is 0 Å². The summed E-state index contributed by atoms with van der Waals surface area (Å²) in [5.74, 6) is 1.82. The number of nitrogens with zero attached hydrogens (tertiary/aromatic N) is 2. The van der Waals surface area contributed by atoms with Crippen LogP contribution >= 0.6 is 0 Å². The first-order valence-electron chi connectivity index (χ1n) is 7.28. The first-order chi connectivity index (χ1) is 9.43. The van der Waals surface area contributed by atoms with Gasteiger partial charge < -0.3 is 15.4 Å². The summed E-state index contributed by atoms with van der Waals surface area (Å²) in [5.41, 5.74) is 2.45. The third-order valence-corrected chi connectivity index (χ3v) is 4.06. The maximum absolute atomic E-state index is 5.39. The molecule has 5 nitrogen and oxygen atoms in total. The third-order valence-electron chi connectivity index (χ3n) is 4.06. The maximum atomic E-state index is 5.39. The molecule has 0 aromatic carbocycles. The zero-order valence-electron chi connectivity index (χ0n) is 11.3. The lowest BCUT2D eigenvalue weighted by atomic mass is 9.96. The van der Waals surface area contributed by atoms with E-state index in [-0.39, 0.29) is 0 Å². The largest absolute Gasteiger partial charge is 0.381 e. The highest BCUT2D eigenvalue weighted by atomic mass is 16.5. The lowest BCUT2D eigenvalue weighted by Crippen LogP contribution is -2.26. The topological polar surface area (TPSA) is 59.1 Å². The van der Waals surface area contributed by atoms with Crippen molar-refractivity contribution in [3.05, 3.63) is 17.6 Å². The molecule has 0 spiro atoms. The van der Waals surface area contributed by atoms with Gasteiger partial charge in [0.25, 0.3) is 0 Å². The number of fused-ring (bicyclic) bond motifs is 1. The summed E-state index contributed by atoms with van der Waals surface area (Å²) in [4.78, 5) is 8.76. The molecular formula is C14H22N4O. The second-order valence-corrected chi connectivity index (χ2v) is 5.35. The Morgan fingerprint density at radius 3 is 3.11 bits per heavy atom. The molecule has 0 radical (unpaired) electrons. The number of hydrogen-bond donors (Lipinski definition) is 2. The Bertz CT molecular complexity index is 418. The molecule has 0 atom stereocenters. The normalized spacial score (nSPS) is 20.0. The van der Waals surface area contributed by atoms with Crippen LogP contribution in [0.2, 0.25) is 0 Å².